The molecule has 4 N–H and O–H groups in total. The molecule has 1 aromatic carbocycles. The Hall–Kier alpha value is -1.88. The summed E-state index contributed by atoms with van der Waals surface area (Å²) < 4.78 is 36.6. The predicted octanol–water partition coefficient (Wildman–Crippen LogP) is 3.40. The van der Waals surface area contributed by atoms with Gasteiger partial charge >= 0.3 is 12.1 Å². The molecular weight excluding hydrogens is 391 g/mol. The minimum atomic E-state index is -4.43. The van der Waals surface area contributed by atoms with Gasteiger partial charge in [0.1, 0.15) is 6.04 Å². The van der Waals surface area contributed by atoms with Crippen LogP contribution in [0.4, 0.5) is 18.9 Å². The van der Waals surface area contributed by atoms with E-state index in [1.807, 2.05) is 0 Å². The summed E-state index contributed by atoms with van der Waals surface area (Å²) in [5.41, 5.74) is 5.19. The van der Waals surface area contributed by atoms with E-state index in [2.05, 4.69) is 10.3 Å². The number of hydrogen-bond donors (Lipinski definition) is 3. The minimum absolute atomic E-state index is 0.0368. The Morgan fingerprint density at radius 1 is 1.23 bits per heavy atom. The van der Waals surface area contributed by atoms with Crippen LogP contribution in [0.15, 0.2) is 29.3 Å². The van der Waals surface area contributed by atoms with E-state index in [1.165, 1.54) is 19.1 Å². The average molecular weight is 409 g/mol. The number of amides is 1. The minimum Gasteiger partial charge on any atom is -0.480 e. The molecule has 0 fully saturated rings. The Balaban J connectivity index is 2.80. The van der Waals surface area contributed by atoms with Gasteiger partial charge in [-0.2, -0.15) is 13.2 Å². The molecule has 0 aliphatic heterocycles. The highest BCUT2D eigenvalue weighted by Crippen LogP contribution is 2.39. The molecule has 0 spiro atoms. The van der Waals surface area contributed by atoms with E-state index in [4.69, 9.17) is 5.73 Å². The molecule has 0 heterocycles. The van der Waals surface area contributed by atoms with Crippen LogP contribution in [-0.4, -0.2) is 32.9 Å². The molecule has 0 aliphatic carbocycles. The second-order valence-corrected chi connectivity index (χ2v) is 8.54. The van der Waals surface area contributed by atoms with Crippen LogP contribution < -0.4 is 11.1 Å². The second kappa shape index (κ2) is 8.67. The third-order valence-corrected chi connectivity index (χ3v) is 6.13. The quantitative estimate of drug-likeness (QED) is 0.378. The van der Waals surface area contributed by atoms with Crippen LogP contribution in [-0.2, 0) is 15.8 Å². The van der Waals surface area contributed by atoms with E-state index < -0.39 is 34.4 Å². The average Bonchev–Trinajstić information content (AvgIpc) is 2.50. The first-order chi connectivity index (χ1) is 11.8. The molecule has 0 aromatic heterocycles. The molecule has 1 amide bonds. The van der Waals surface area contributed by atoms with Gasteiger partial charge in [-0.15, -0.1) is 0 Å². The molecule has 144 valence electrons. The maximum atomic E-state index is 12.5. The van der Waals surface area contributed by atoms with Crippen LogP contribution in [0.2, 0.25) is 0 Å². The SMILES string of the molecule is CC(=O)NC(C(=O)O)C(C)(C)SSC(N)=Nc1ccc(C(F)(F)F)cc1. The molecule has 0 saturated heterocycles. The number of nitrogens with zero attached hydrogens (tertiary/aromatic N) is 1. The second-order valence-electron chi connectivity index (χ2n) is 5.74. The lowest BCUT2D eigenvalue weighted by Gasteiger charge is -2.30. The highest BCUT2D eigenvalue weighted by molar-refractivity contribution is 8.82. The van der Waals surface area contributed by atoms with Crippen molar-refractivity contribution in [3.05, 3.63) is 29.8 Å². The molecule has 1 atom stereocenters. The van der Waals surface area contributed by atoms with Crippen molar-refractivity contribution in [3.8, 4) is 0 Å². The Morgan fingerprint density at radius 3 is 2.19 bits per heavy atom. The summed E-state index contributed by atoms with van der Waals surface area (Å²) in [5.74, 6) is -1.68. The van der Waals surface area contributed by atoms with E-state index in [9.17, 15) is 27.9 Å². The molecule has 0 bridgehead atoms. The van der Waals surface area contributed by atoms with Gasteiger partial charge < -0.3 is 16.2 Å². The van der Waals surface area contributed by atoms with E-state index in [0.29, 0.717) is 0 Å². The number of benzene rings is 1. The number of amidine groups is 1. The van der Waals surface area contributed by atoms with Crippen LogP contribution >= 0.6 is 21.6 Å². The molecule has 11 heteroatoms. The standard InChI is InChI=1S/C15H18F3N3O3S2/c1-8(22)20-11(12(23)24)14(2,3)26-25-13(19)21-10-6-4-9(5-7-10)15(16,17)18/h4-7,11H,1-3H3,(H2,19,21)(H,20,22)(H,23,24). The Labute approximate surface area is 156 Å². The van der Waals surface area contributed by atoms with Crippen molar-refractivity contribution in [2.75, 3.05) is 0 Å². The van der Waals surface area contributed by atoms with Crippen molar-refractivity contribution in [1.82, 2.24) is 5.32 Å². The summed E-state index contributed by atoms with van der Waals surface area (Å²) in [7, 11) is 2.05. The Bertz CT molecular complexity index is 692. The van der Waals surface area contributed by atoms with Gasteiger partial charge in [-0.1, -0.05) is 10.8 Å². The van der Waals surface area contributed by atoms with Crippen molar-refractivity contribution in [2.24, 2.45) is 10.7 Å². The van der Waals surface area contributed by atoms with Crippen molar-refractivity contribution in [2.45, 2.75) is 37.7 Å². The zero-order chi connectivity index (χ0) is 20.1. The van der Waals surface area contributed by atoms with Gasteiger partial charge in [0.2, 0.25) is 5.91 Å². The Kier molecular flexibility index (Phi) is 7.39. The molecule has 1 unspecified atom stereocenters. The fourth-order valence-electron chi connectivity index (χ4n) is 1.81. The molecule has 0 saturated carbocycles. The lowest BCUT2D eigenvalue weighted by Crippen LogP contribution is -2.51. The van der Waals surface area contributed by atoms with Gasteiger partial charge in [-0.05, 0) is 48.9 Å². The summed E-state index contributed by atoms with van der Waals surface area (Å²) >= 11 is 0. The smallest absolute Gasteiger partial charge is 0.416 e. The van der Waals surface area contributed by atoms with Crippen LogP contribution in [0.1, 0.15) is 26.3 Å². The van der Waals surface area contributed by atoms with Crippen molar-refractivity contribution < 1.29 is 27.9 Å². The molecule has 0 aliphatic rings. The van der Waals surface area contributed by atoms with Gasteiger partial charge in [0, 0.05) is 6.92 Å². The van der Waals surface area contributed by atoms with Gasteiger partial charge in [0.15, 0.2) is 5.17 Å². The summed E-state index contributed by atoms with van der Waals surface area (Å²) in [6.45, 7) is 4.44. The van der Waals surface area contributed by atoms with Gasteiger partial charge in [0.25, 0.3) is 0 Å². The summed E-state index contributed by atoms with van der Waals surface area (Å²) in [5, 5.41) is 11.6. The molecule has 1 aromatic rings. The lowest BCUT2D eigenvalue weighted by atomic mass is 10.0. The number of aliphatic carboxylic acids is 1. The van der Waals surface area contributed by atoms with E-state index >= 15 is 0 Å². The van der Waals surface area contributed by atoms with E-state index in [-0.39, 0.29) is 10.9 Å². The third kappa shape index (κ3) is 6.79. The van der Waals surface area contributed by atoms with Crippen molar-refractivity contribution in [3.63, 3.8) is 0 Å². The monoisotopic (exact) mass is 409 g/mol. The van der Waals surface area contributed by atoms with Gasteiger partial charge in [-0.3, -0.25) is 4.79 Å². The van der Waals surface area contributed by atoms with Crippen LogP contribution in [0.5, 0.6) is 0 Å². The number of hydrogen-bond acceptors (Lipinski definition) is 5. The number of halogens is 3. The normalized spacial score (nSPS) is 14.0. The van der Waals surface area contributed by atoms with E-state index in [1.54, 1.807) is 13.8 Å². The Morgan fingerprint density at radius 2 is 1.77 bits per heavy atom. The number of rotatable bonds is 6. The zero-order valence-corrected chi connectivity index (χ0v) is 15.8. The van der Waals surface area contributed by atoms with Gasteiger partial charge in [0.05, 0.1) is 16.0 Å². The molecule has 0 radical (unpaired) electrons. The number of carboxylic acid groups (broad SMARTS) is 1. The topological polar surface area (TPSA) is 105 Å². The first kappa shape index (κ1) is 22.2. The van der Waals surface area contributed by atoms with Crippen molar-refractivity contribution >= 4 is 44.3 Å². The fraction of sp³-hybridized carbons (Fsp3) is 0.400. The molecule has 1 rings (SSSR count). The molecule has 26 heavy (non-hydrogen) atoms. The number of nitrogens with two attached hydrogens (primary N) is 1. The largest absolute Gasteiger partial charge is 0.480 e. The maximum Gasteiger partial charge on any atom is 0.416 e. The first-order valence-electron chi connectivity index (χ1n) is 7.20. The number of aliphatic imine (C=N–C) groups is 1. The number of nitrogens with one attached hydrogen (secondary N) is 1. The highest BCUT2D eigenvalue weighted by Gasteiger charge is 2.37. The predicted molar refractivity (Wildman–Crippen MR) is 97.2 cm³/mol. The zero-order valence-electron chi connectivity index (χ0n) is 14.1. The highest BCUT2D eigenvalue weighted by atomic mass is 33.1. The van der Waals surface area contributed by atoms with Gasteiger partial charge in [-0.25, -0.2) is 9.79 Å². The number of carboxylic acids is 1. The van der Waals surface area contributed by atoms with Crippen LogP contribution in [0.25, 0.3) is 0 Å². The maximum absolute atomic E-state index is 12.5. The third-order valence-electron chi connectivity index (χ3n) is 3.07. The molecular formula is C15H18F3N3O3S2. The van der Waals surface area contributed by atoms with Crippen LogP contribution in [0, 0.1) is 0 Å². The number of carbonyl (C=O) groups is 2. The van der Waals surface area contributed by atoms with Crippen LogP contribution in [0.3, 0.4) is 0 Å². The van der Waals surface area contributed by atoms with Crippen molar-refractivity contribution in [1.29, 1.82) is 0 Å². The summed E-state index contributed by atoms with van der Waals surface area (Å²) in [6.07, 6.45) is -4.43. The first-order valence-corrected chi connectivity index (χ1v) is 9.35. The summed E-state index contributed by atoms with van der Waals surface area (Å²) in [4.78, 5) is 26.5. The number of alkyl halides is 3. The van der Waals surface area contributed by atoms with E-state index in [0.717, 1.165) is 33.7 Å². The lowest BCUT2D eigenvalue weighted by molar-refractivity contribution is -0.142. The fourth-order valence-corrected chi connectivity index (χ4v) is 3.80. The number of carbonyl (C=O) groups excluding carboxylic acids is 1. The molecule has 6 nitrogen and oxygen atoms in total. The summed E-state index contributed by atoms with van der Waals surface area (Å²) in [6, 6.07) is 3.00.